The highest BCUT2D eigenvalue weighted by molar-refractivity contribution is 5.85. The molecule has 2 rings (SSSR count). The van der Waals surface area contributed by atoms with Gasteiger partial charge in [0.15, 0.2) is 0 Å². The van der Waals surface area contributed by atoms with E-state index in [2.05, 4.69) is 19.2 Å². The molecule has 4 heteroatoms. The first-order chi connectivity index (χ1) is 9.66. The lowest BCUT2D eigenvalue weighted by Crippen LogP contribution is -2.22. The Balaban J connectivity index is 0.00000220. The minimum absolute atomic E-state index is 0. The maximum Gasteiger partial charge on any atom is 0.129 e. The van der Waals surface area contributed by atoms with E-state index in [4.69, 9.17) is 4.74 Å². The topological polar surface area (TPSA) is 21.3 Å². The normalized spacial score (nSPS) is 10.3. The molecular formula is C17H21ClFNO. The molecule has 0 aliphatic heterocycles. The van der Waals surface area contributed by atoms with Crippen LogP contribution in [0.3, 0.4) is 0 Å². The molecule has 2 aromatic rings. The van der Waals surface area contributed by atoms with Crippen LogP contribution in [0, 0.1) is 5.82 Å². The molecule has 0 fully saturated rings. The highest BCUT2D eigenvalue weighted by Gasteiger charge is 2.06. The number of hydrogen-bond acceptors (Lipinski definition) is 2. The predicted octanol–water partition coefficient (Wildman–Crippen LogP) is 4.32. The minimum Gasteiger partial charge on any atom is -0.488 e. The van der Waals surface area contributed by atoms with Crippen molar-refractivity contribution in [2.75, 3.05) is 0 Å². The Hall–Kier alpha value is -1.58. The summed E-state index contributed by atoms with van der Waals surface area (Å²) in [6, 6.07) is 14.9. The summed E-state index contributed by atoms with van der Waals surface area (Å²) in [6.07, 6.45) is 0. The Morgan fingerprint density at radius 2 is 1.62 bits per heavy atom. The van der Waals surface area contributed by atoms with Crippen molar-refractivity contribution in [3.63, 3.8) is 0 Å². The van der Waals surface area contributed by atoms with Crippen LogP contribution in [0.2, 0.25) is 0 Å². The van der Waals surface area contributed by atoms with Gasteiger partial charge in [-0.25, -0.2) is 4.39 Å². The van der Waals surface area contributed by atoms with E-state index in [-0.39, 0.29) is 24.8 Å². The van der Waals surface area contributed by atoms with Gasteiger partial charge in [0.1, 0.15) is 18.2 Å². The van der Waals surface area contributed by atoms with Crippen molar-refractivity contribution in [2.24, 2.45) is 0 Å². The van der Waals surface area contributed by atoms with Crippen molar-refractivity contribution in [3.8, 4) is 5.75 Å². The molecule has 0 aromatic heterocycles. The van der Waals surface area contributed by atoms with Crippen molar-refractivity contribution in [1.29, 1.82) is 0 Å². The lowest BCUT2D eigenvalue weighted by Gasteiger charge is -2.14. The van der Waals surface area contributed by atoms with Gasteiger partial charge in [-0.05, 0) is 12.1 Å². The lowest BCUT2D eigenvalue weighted by atomic mass is 10.2. The fourth-order valence-corrected chi connectivity index (χ4v) is 1.88. The third-order valence-corrected chi connectivity index (χ3v) is 3.01. The third kappa shape index (κ3) is 5.37. The second kappa shape index (κ2) is 8.65. The first-order valence-electron chi connectivity index (χ1n) is 6.84. The Morgan fingerprint density at radius 3 is 2.29 bits per heavy atom. The Kier molecular flexibility index (Phi) is 7.20. The summed E-state index contributed by atoms with van der Waals surface area (Å²) in [7, 11) is 0. The number of nitrogens with one attached hydrogen (secondary N) is 1. The fraction of sp³-hybridized carbons (Fsp3) is 0.294. The first-order valence-corrected chi connectivity index (χ1v) is 6.84. The fourth-order valence-electron chi connectivity index (χ4n) is 1.88. The van der Waals surface area contributed by atoms with Gasteiger partial charge in [-0.3, -0.25) is 0 Å². The second-order valence-electron chi connectivity index (χ2n) is 5.02. The molecule has 21 heavy (non-hydrogen) atoms. The quantitative estimate of drug-likeness (QED) is 0.858. The molecule has 2 aromatic carbocycles. The van der Waals surface area contributed by atoms with Gasteiger partial charge < -0.3 is 10.1 Å². The van der Waals surface area contributed by atoms with Gasteiger partial charge in [-0.15, -0.1) is 12.4 Å². The third-order valence-electron chi connectivity index (χ3n) is 3.01. The van der Waals surface area contributed by atoms with Crippen LogP contribution in [-0.2, 0) is 13.2 Å². The number of para-hydroxylation sites is 1. The van der Waals surface area contributed by atoms with E-state index in [1.54, 1.807) is 12.1 Å². The van der Waals surface area contributed by atoms with E-state index in [1.807, 2.05) is 30.3 Å². The summed E-state index contributed by atoms with van der Waals surface area (Å²) in [5.74, 6) is 0.564. The van der Waals surface area contributed by atoms with Crippen LogP contribution < -0.4 is 10.1 Å². The van der Waals surface area contributed by atoms with Crippen molar-refractivity contribution in [3.05, 3.63) is 65.5 Å². The highest BCUT2D eigenvalue weighted by atomic mass is 35.5. The van der Waals surface area contributed by atoms with Gasteiger partial charge in [-0.2, -0.15) is 0 Å². The molecule has 0 aliphatic rings. The minimum atomic E-state index is -0.231. The number of hydrogen-bond donors (Lipinski definition) is 1. The number of benzene rings is 2. The zero-order chi connectivity index (χ0) is 14.4. The van der Waals surface area contributed by atoms with E-state index >= 15 is 0 Å². The number of ether oxygens (including phenoxy) is 1. The number of rotatable bonds is 6. The molecule has 1 N–H and O–H groups in total. The maximum atomic E-state index is 13.6. The van der Waals surface area contributed by atoms with Gasteiger partial charge >= 0.3 is 0 Å². The van der Waals surface area contributed by atoms with E-state index < -0.39 is 0 Å². The molecule has 2 nitrogen and oxygen atoms in total. The van der Waals surface area contributed by atoms with Crippen LogP contribution in [-0.4, -0.2) is 6.04 Å². The summed E-state index contributed by atoms with van der Waals surface area (Å²) < 4.78 is 19.3. The molecule has 0 radical (unpaired) electrons. The molecule has 0 bridgehead atoms. The van der Waals surface area contributed by atoms with Gasteiger partial charge in [0, 0.05) is 23.7 Å². The standard InChI is InChI=1S/C17H20FNO.ClH/c1-13(2)19-11-14-7-4-6-10-17(14)20-12-15-8-3-5-9-16(15)18;/h3-10,13,19H,11-12H2,1-2H3;1H. The molecule has 0 unspecified atom stereocenters. The summed E-state index contributed by atoms with van der Waals surface area (Å²) >= 11 is 0. The lowest BCUT2D eigenvalue weighted by molar-refractivity contribution is 0.295. The van der Waals surface area contributed by atoms with Crippen LogP contribution in [0.1, 0.15) is 25.0 Å². The summed E-state index contributed by atoms with van der Waals surface area (Å²) in [5.41, 5.74) is 1.65. The first kappa shape index (κ1) is 17.5. The molecule has 0 saturated heterocycles. The molecule has 0 atom stereocenters. The summed E-state index contributed by atoms with van der Waals surface area (Å²) in [4.78, 5) is 0. The van der Waals surface area contributed by atoms with Gasteiger partial charge in [-0.1, -0.05) is 50.2 Å². The van der Waals surface area contributed by atoms with Crippen LogP contribution in [0.25, 0.3) is 0 Å². The Labute approximate surface area is 131 Å². The van der Waals surface area contributed by atoms with E-state index in [1.165, 1.54) is 6.07 Å². The second-order valence-corrected chi connectivity index (χ2v) is 5.02. The summed E-state index contributed by atoms with van der Waals surface area (Å²) in [5, 5.41) is 3.36. The van der Waals surface area contributed by atoms with Crippen LogP contribution in [0.4, 0.5) is 4.39 Å². The zero-order valence-electron chi connectivity index (χ0n) is 12.3. The average molecular weight is 310 g/mol. The van der Waals surface area contributed by atoms with Crippen molar-refractivity contribution >= 4 is 12.4 Å². The molecule has 0 amide bonds. The Bertz CT molecular complexity index is 560. The van der Waals surface area contributed by atoms with Crippen LogP contribution in [0.15, 0.2) is 48.5 Å². The molecule has 0 aliphatic carbocycles. The largest absolute Gasteiger partial charge is 0.488 e. The van der Waals surface area contributed by atoms with E-state index in [9.17, 15) is 4.39 Å². The number of halogens is 2. The zero-order valence-corrected chi connectivity index (χ0v) is 13.1. The molecule has 0 heterocycles. The maximum absolute atomic E-state index is 13.6. The van der Waals surface area contributed by atoms with Crippen molar-refractivity contribution in [2.45, 2.75) is 33.0 Å². The van der Waals surface area contributed by atoms with E-state index in [0.29, 0.717) is 11.6 Å². The van der Waals surface area contributed by atoms with Crippen molar-refractivity contribution < 1.29 is 9.13 Å². The Morgan fingerprint density at radius 1 is 1.00 bits per heavy atom. The average Bonchev–Trinajstić information content (AvgIpc) is 2.45. The van der Waals surface area contributed by atoms with E-state index in [0.717, 1.165) is 17.9 Å². The summed E-state index contributed by atoms with van der Waals surface area (Å²) in [6.45, 7) is 5.18. The van der Waals surface area contributed by atoms with Gasteiger partial charge in [0.2, 0.25) is 0 Å². The molecule has 0 spiro atoms. The molecular weight excluding hydrogens is 289 g/mol. The monoisotopic (exact) mass is 309 g/mol. The van der Waals surface area contributed by atoms with Gasteiger partial charge in [0.25, 0.3) is 0 Å². The smallest absolute Gasteiger partial charge is 0.129 e. The highest BCUT2D eigenvalue weighted by Crippen LogP contribution is 2.20. The van der Waals surface area contributed by atoms with Crippen molar-refractivity contribution in [1.82, 2.24) is 5.32 Å². The van der Waals surface area contributed by atoms with Crippen LogP contribution in [0.5, 0.6) is 5.75 Å². The van der Waals surface area contributed by atoms with Gasteiger partial charge in [0.05, 0.1) is 0 Å². The SMILES string of the molecule is CC(C)NCc1ccccc1OCc1ccccc1F.Cl. The molecule has 0 saturated carbocycles. The van der Waals surface area contributed by atoms with Crippen LogP contribution >= 0.6 is 12.4 Å². The molecule has 114 valence electrons. The predicted molar refractivity (Wildman–Crippen MR) is 86.4 cm³/mol.